The smallest absolute Gasteiger partial charge is 0.242 e. The second-order valence-corrected chi connectivity index (χ2v) is 5.61. The molecule has 4 nitrogen and oxygen atoms in total. The molecule has 6 heteroatoms. The Bertz CT molecular complexity index is 542. The zero-order valence-corrected chi connectivity index (χ0v) is 12.4. The molecule has 2 rings (SSSR count). The van der Waals surface area contributed by atoms with Crippen LogP contribution in [-0.2, 0) is 10.3 Å². The minimum Gasteiger partial charge on any atom is -0.368 e. The summed E-state index contributed by atoms with van der Waals surface area (Å²) in [7, 11) is 0. The topological polar surface area (TPSA) is 58.4 Å². The number of nitrogens with zero attached hydrogens (tertiary/aromatic N) is 1. The van der Waals surface area contributed by atoms with Gasteiger partial charge in [-0.05, 0) is 44.5 Å². The largest absolute Gasteiger partial charge is 0.368 e. The number of halogens is 2. The van der Waals surface area contributed by atoms with Crippen LogP contribution in [0.1, 0.15) is 24.5 Å². The first kappa shape index (κ1) is 15.9. The summed E-state index contributed by atoms with van der Waals surface area (Å²) in [6, 6.07) is 2.20. The summed E-state index contributed by atoms with van der Waals surface area (Å²) >= 11 is 0. The number of carbonyl (C=O) groups excluding carboxylic acids is 1. The molecular weight excluding hydrogens is 276 g/mol. The lowest BCUT2D eigenvalue weighted by atomic mass is 9.87. The Morgan fingerprint density at radius 3 is 2.67 bits per heavy atom. The van der Waals surface area contributed by atoms with Crippen LogP contribution in [-0.4, -0.2) is 37.0 Å². The third-order valence-corrected chi connectivity index (χ3v) is 4.23. The molecule has 1 atom stereocenters. The predicted molar refractivity (Wildman–Crippen MR) is 76.7 cm³/mol. The van der Waals surface area contributed by atoms with Gasteiger partial charge in [-0.2, -0.15) is 0 Å². The zero-order valence-electron chi connectivity index (χ0n) is 12.4. The van der Waals surface area contributed by atoms with Crippen LogP contribution in [0.3, 0.4) is 0 Å². The minimum atomic E-state index is -1.36. The van der Waals surface area contributed by atoms with Crippen LogP contribution in [0.15, 0.2) is 12.1 Å². The van der Waals surface area contributed by atoms with E-state index in [0.717, 1.165) is 25.1 Å². The number of amides is 1. The molecule has 0 radical (unpaired) electrons. The Kier molecular flexibility index (Phi) is 4.58. The van der Waals surface area contributed by atoms with Crippen molar-refractivity contribution in [2.75, 3.05) is 26.2 Å². The normalized spacial score (nSPS) is 19.8. The molecule has 1 heterocycles. The van der Waals surface area contributed by atoms with Gasteiger partial charge >= 0.3 is 0 Å². The number of primary amides is 1. The number of benzene rings is 1. The second kappa shape index (κ2) is 6.07. The van der Waals surface area contributed by atoms with Crippen molar-refractivity contribution < 1.29 is 13.6 Å². The molecule has 0 saturated carbocycles. The number of hydrogen-bond donors (Lipinski definition) is 2. The van der Waals surface area contributed by atoms with Crippen molar-refractivity contribution >= 4 is 5.91 Å². The SMILES string of the molecule is Cc1cc(F)c(C(C)(C(N)=O)N2CCCNCC2)cc1F. The predicted octanol–water partition coefficient (Wildman–Crippen LogP) is 1.27. The van der Waals surface area contributed by atoms with E-state index in [0.29, 0.717) is 19.6 Å². The van der Waals surface area contributed by atoms with Gasteiger partial charge < -0.3 is 11.1 Å². The van der Waals surface area contributed by atoms with E-state index in [1.54, 1.807) is 6.92 Å². The summed E-state index contributed by atoms with van der Waals surface area (Å²) in [6.45, 7) is 5.71. The molecule has 1 amide bonds. The fraction of sp³-hybridized carbons (Fsp3) is 0.533. The third-order valence-electron chi connectivity index (χ3n) is 4.23. The molecule has 21 heavy (non-hydrogen) atoms. The summed E-state index contributed by atoms with van der Waals surface area (Å²) in [5.74, 6) is -1.81. The van der Waals surface area contributed by atoms with E-state index in [2.05, 4.69) is 5.32 Å². The molecule has 0 aromatic heterocycles. The van der Waals surface area contributed by atoms with Gasteiger partial charge in [0.2, 0.25) is 5.91 Å². The number of nitrogens with one attached hydrogen (secondary N) is 1. The fourth-order valence-corrected chi connectivity index (χ4v) is 2.77. The molecule has 1 aliphatic rings. The molecule has 116 valence electrons. The minimum absolute atomic E-state index is 0.000000000000000444. The van der Waals surface area contributed by atoms with Gasteiger partial charge in [-0.1, -0.05) is 0 Å². The second-order valence-electron chi connectivity index (χ2n) is 5.61. The van der Waals surface area contributed by atoms with E-state index in [4.69, 9.17) is 5.73 Å². The molecule has 3 N–H and O–H groups in total. The number of carbonyl (C=O) groups is 1. The maximum Gasteiger partial charge on any atom is 0.242 e. The lowest BCUT2D eigenvalue weighted by Gasteiger charge is -2.38. The van der Waals surface area contributed by atoms with Crippen molar-refractivity contribution in [3.63, 3.8) is 0 Å². The maximum absolute atomic E-state index is 14.3. The van der Waals surface area contributed by atoms with E-state index < -0.39 is 23.1 Å². The highest BCUT2D eigenvalue weighted by Crippen LogP contribution is 2.32. The van der Waals surface area contributed by atoms with Crippen molar-refractivity contribution in [1.29, 1.82) is 0 Å². The van der Waals surface area contributed by atoms with Gasteiger partial charge in [-0.25, -0.2) is 8.78 Å². The first-order valence-corrected chi connectivity index (χ1v) is 7.09. The highest BCUT2D eigenvalue weighted by atomic mass is 19.1. The lowest BCUT2D eigenvalue weighted by molar-refractivity contribution is -0.130. The van der Waals surface area contributed by atoms with Crippen LogP contribution in [0.5, 0.6) is 0 Å². The van der Waals surface area contributed by atoms with Gasteiger partial charge in [0.25, 0.3) is 0 Å². The van der Waals surface area contributed by atoms with Gasteiger partial charge in [0.1, 0.15) is 17.2 Å². The Labute approximate surface area is 123 Å². The summed E-state index contributed by atoms with van der Waals surface area (Å²) in [4.78, 5) is 13.9. The molecule has 1 aliphatic heterocycles. The Morgan fingerprint density at radius 1 is 1.29 bits per heavy atom. The lowest BCUT2D eigenvalue weighted by Crippen LogP contribution is -2.54. The van der Waals surface area contributed by atoms with E-state index in [-0.39, 0.29) is 11.1 Å². The van der Waals surface area contributed by atoms with Gasteiger partial charge in [0.15, 0.2) is 0 Å². The quantitative estimate of drug-likeness (QED) is 0.883. The van der Waals surface area contributed by atoms with Crippen LogP contribution < -0.4 is 11.1 Å². The van der Waals surface area contributed by atoms with Gasteiger partial charge in [0, 0.05) is 25.2 Å². The summed E-state index contributed by atoms with van der Waals surface area (Å²) in [6.07, 6.45) is 0.818. The molecule has 0 bridgehead atoms. The molecule has 0 spiro atoms. The van der Waals surface area contributed by atoms with Crippen molar-refractivity contribution in [3.05, 3.63) is 34.9 Å². The molecular formula is C15H21F2N3O. The molecule has 1 saturated heterocycles. The fourth-order valence-electron chi connectivity index (χ4n) is 2.77. The van der Waals surface area contributed by atoms with Gasteiger partial charge in [0.05, 0.1) is 0 Å². The summed E-state index contributed by atoms with van der Waals surface area (Å²) in [5.41, 5.74) is 4.40. The molecule has 1 aromatic rings. The highest BCUT2D eigenvalue weighted by Gasteiger charge is 2.42. The van der Waals surface area contributed by atoms with Crippen LogP contribution in [0.2, 0.25) is 0 Å². The van der Waals surface area contributed by atoms with Crippen molar-refractivity contribution in [1.82, 2.24) is 10.2 Å². The first-order valence-electron chi connectivity index (χ1n) is 7.09. The first-order chi connectivity index (χ1) is 9.87. The van der Waals surface area contributed by atoms with Crippen molar-refractivity contribution in [3.8, 4) is 0 Å². The highest BCUT2D eigenvalue weighted by molar-refractivity contribution is 5.85. The molecule has 0 aliphatic carbocycles. The zero-order chi connectivity index (χ0) is 15.6. The summed E-state index contributed by atoms with van der Waals surface area (Å²) in [5, 5.41) is 3.21. The number of nitrogens with two attached hydrogens (primary N) is 1. The monoisotopic (exact) mass is 297 g/mol. The number of hydrogen-bond acceptors (Lipinski definition) is 3. The summed E-state index contributed by atoms with van der Waals surface area (Å²) < 4.78 is 28.2. The number of aryl methyl sites for hydroxylation is 1. The Morgan fingerprint density at radius 2 is 2.00 bits per heavy atom. The van der Waals surface area contributed by atoms with Gasteiger partial charge in [-0.15, -0.1) is 0 Å². The average molecular weight is 297 g/mol. The number of rotatable bonds is 3. The maximum atomic E-state index is 14.3. The van der Waals surface area contributed by atoms with Crippen LogP contribution in [0, 0.1) is 18.6 Å². The van der Waals surface area contributed by atoms with E-state index in [9.17, 15) is 13.6 Å². The molecule has 1 unspecified atom stereocenters. The van der Waals surface area contributed by atoms with E-state index >= 15 is 0 Å². The Hall–Kier alpha value is -1.53. The van der Waals surface area contributed by atoms with Crippen molar-refractivity contribution in [2.24, 2.45) is 5.73 Å². The third kappa shape index (κ3) is 2.91. The Balaban J connectivity index is 2.51. The van der Waals surface area contributed by atoms with Crippen LogP contribution >= 0.6 is 0 Å². The van der Waals surface area contributed by atoms with Crippen LogP contribution in [0.4, 0.5) is 8.78 Å². The van der Waals surface area contributed by atoms with E-state index in [1.807, 2.05) is 4.90 Å². The van der Waals surface area contributed by atoms with Gasteiger partial charge in [-0.3, -0.25) is 9.69 Å². The van der Waals surface area contributed by atoms with Crippen molar-refractivity contribution in [2.45, 2.75) is 25.8 Å². The van der Waals surface area contributed by atoms with Crippen LogP contribution in [0.25, 0.3) is 0 Å². The average Bonchev–Trinajstić information content (AvgIpc) is 2.71. The molecule has 1 aromatic carbocycles. The molecule has 1 fully saturated rings. The van der Waals surface area contributed by atoms with E-state index in [1.165, 1.54) is 6.92 Å². The standard InChI is InChI=1S/C15H21F2N3O/c1-10-8-13(17)11(9-12(10)16)15(2,14(18)21)20-6-3-4-19-5-7-20/h8-9,19H,3-7H2,1-2H3,(H2,18,21).